The summed E-state index contributed by atoms with van der Waals surface area (Å²) in [5.41, 5.74) is -0.170. The molecule has 0 fully saturated rings. The van der Waals surface area contributed by atoms with Crippen molar-refractivity contribution in [1.82, 2.24) is 0 Å². The summed E-state index contributed by atoms with van der Waals surface area (Å²) in [5.74, 6) is -0.700. The smallest absolute Gasteiger partial charge is 0.337 e. The van der Waals surface area contributed by atoms with Crippen molar-refractivity contribution in [2.75, 3.05) is 6.61 Å². The molecule has 0 unspecified atom stereocenters. The zero-order valence-electron chi connectivity index (χ0n) is 9.14. The van der Waals surface area contributed by atoms with Crippen LogP contribution in [0.25, 0.3) is 0 Å². The van der Waals surface area contributed by atoms with Crippen molar-refractivity contribution >= 4 is 5.97 Å². The molecule has 0 rings (SSSR count). The van der Waals surface area contributed by atoms with Gasteiger partial charge >= 0.3 is 5.97 Å². The summed E-state index contributed by atoms with van der Waals surface area (Å²) in [6.45, 7) is 1.82. The number of esters is 1. The predicted octanol–water partition coefficient (Wildman–Crippen LogP) is 1.79. The average Bonchev–Trinajstić information content (AvgIpc) is 2.22. The topological polar surface area (TPSA) is 93.2 Å². The van der Waals surface area contributed by atoms with Gasteiger partial charge in [0.05, 0.1) is 23.7 Å². The van der Waals surface area contributed by atoms with E-state index < -0.39 is 10.9 Å². The van der Waals surface area contributed by atoms with Gasteiger partial charge in [0.25, 0.3) is 5.70 Å². The molecule has 0 aromatic carbocycles. The number of allylic oxidation sites excluding steroid dienone is 1. The van der Waals surface area contributed by atoms with Crippen LogP contribution in [0.1, 0.15) is 32.6 Å². The Labute approximate surface area is 93.7 Å². The second kappa shape index (κ2) is 8.41. The summed E-state index contributed by atoms with van der Waals surface area (Å²) in [5, 5.41) is 18.9. The largest absolute Gasteiger partial charge is 0.463 e. The van der Waals surface area contributed by atoms with E-state index in [9.17, 15) is 14.9 Å². The number of carbonyl (C=O) groups is 1. The summed E-state index contributed by atoms with van der Waals surface area (Å²) >= 11 is 0. The third kappa shape index (κ3) is 6.54. The van der Waals surface area contributed by atoms with Crippen molar-refractivity contribution in [3.8, 4) is 6.07 Å². The molecule has 6 nitrogen and oxygen atoms in total. The van der Waals surface area contributed by atoms with Gasteiger partial charge in [0, 0.05) is 12.8 Å². The summed E-state index contributed by atoms with van der Waals surface area (Å²) in [6, 6.07) is 1.95. The molecule has 0 aliphatic heterocycles. The van der Waals surface area contributed by atoms with Gasteiger partial charge in [-0.2, -0.15) is 5.26 Å². The van der Waals surface area contributed by atoms with Gasteiger partial charge < -0.3 is 4.74 Å². The van der Waals surface area contributed by atoms with Crippen LogP contribution in [0.4, 0.5) is 0 Å². The van der Waals surface area contributed by atoms with Gasteiger partial charge in [-0.05, 0) is 19.8 Å². The van der Waals surface area contributed by atoms with Crippen LogP contribution in [0.15, 0.2) is 11.8 Å². The number of ether oxygens (including phenoxy) is 1. The summed E-state index contributed by atoms with van der Waals surface area (Å²) < 4.78 is 4.58. The first kappa shape index (κ1) is 14.1. The summed E-state index contributed by atoms with van der Waals surface area (Å²) in [6.07, 6.45) is 2.54. The summed E-state index contributed by atoms with van der Waals surface area (Å²) in [7, 11) is 0. The van der Waals surface area contributed by atoms with Gasteiger partial charge in [-0.25, -0.2) is 4.79 Å². The Balaban J connectivity index is 4.22. The lowest BCUT2D eigenvalue weighted by atomic mass is 10.1. The highest BCUT2D eigenvalue weighted by molar-refractivity contribution is 5.82. The number of rotatable bonds is 7. The zero-order chi connectivity index (χ0) is 12.4. The van der Waals surface area contributed by atoms with E-state index in [1.807, 2.05) is 6.07 Å². The molecule has 0 saturated heterocycles. The fraction of sp³-hybridized carbons (Fsp3) is 0.600. The molecule has 0 bridgehead atoms. The molecule has 16 heavy (non-hydrogen) atoms. The molecule has 0 heterocycles. The molecule has 0 aliphatic carbocycles. The second-order valence-electron chi connectivity index (χ2n) is 3.01. The number of nitrogens with zero attached hydrogens (tertiary/aromatic N) is 2. The van der Waals surface area contributed by atoms with E-state index in [1.165, 1.54) is 0 Å². The number of nitriles is 1. The van der Waals surface area contributed by atoms with E-state index in [1.54, 1.807) is 6.92 Å². The van der Waals surface area contributed by atoms with Gasteiger partial charge in [0.2, 0.25) is 0 Å². The van der Waals surface area contributed by atoms with Crippen LogP contribution in [0.5, 0.6) is 0 Å². The molecule has 0 aliphatic rings. The fourth-order valence-corrected chi connectivity index (χ4v) is 1.05. The van der Waals surface area contributed by atoms with Gasteiger partial charge in [0.1, 0.15) is 0 Å². The lowest BCUT2D eigenvalue weighted by Crippen LogP contribution is -2.06. The molecule has 0 amide bonds. The van der Waals surface area contributed by atoms with Crippen LogP contribution >= 0.6 is 0 Å². The van der Waals surface area contributed by atoms with E-state index in [0.717, 1.165) is 6.08 Å². The molecule has 0 spiro atoms. The van der Waals surface area contributed by atoms with Crippen molar-refractivity contribution in [2.45, 2.75) is 32.6 Å². The van der Waals surface area contributed by atoms with Crippen molar-refractivity contribution < 1.29 is 14.5 Å². The molecule has 0 atom stereocenters. The van der Waals surface area contributed by atoms with E-state index in [4.69, 9.17) is 5.26 Å². The van der Waals surface area contributed by atoms with Crippen LogP contribution in [0.2, 0.25) is 0 Å². The second-order valence-corrected chi connectivity index (χ2v) is 3.01. The molecule has 0 aromatic heterocycles. The van der Waals surface area contributed by atoms with Crippen molar-refractivity contribution in [2.24, 2.45) is 0 Å². The molecule has 0 saturated carbocycles. The van der Waals surface area contributed by atoms with E-state index in [0.29, 0.717) is 19.3 Å². The Morgan fingerprint density at radius 1 is 1.56 bits per heavy atom. The molecule has 0 radical (unpaired) electrons. The first-order valence-corrected chi connectivity index (χ1v) is 5.00. The zero-order valence-corrected chi connectivity index (χ0v) is 9.14. The normalized spacial score (nSPS) is 10.6. The Hall–Kier alpha value is -1.90. The van der Waals surface area contributed by atoms with E-state index in [2.05, 4.69) is 4.74 Å². The maximum atomic E-state index is 11.0. The Bertz CT molecular complexity index is 317. The van der Waals surface area contributed by atoms with E-state index in [-0.39, 0.29) is 18.7 Å². The van der Waals surface area contributed by atoms with Crippen molar-refractivity contribution in [3.63, 3.8) is 0 Å². The number of nitro groups is 1. The SMILES string of the molecule is CCOC(=O)/C=C(\CCCCC#N)[N+](=O)[O-]. The first-order chi connectivity index (χ1) is 7.61. The Morgan fingerprint density at radius 2 is 2.25 bits per heavy atom. The van der Waals surface area contributed by atoms with Crippen LogP contribution < -0.4 is 0 Å². The van der Waals surface area contributed by atoms with Crippen LogP contribution in [0, 0.1) is 21.4 Å². The minimum absolute atomic E-state index is 0.170. The summed E-state index contributed by atoms with van der Waals surface area (Å²) in [4.78, 5) is 21.0. The lowest BCUT2D eigenvalue weighted by molar-refractivity contribution is -0.428. The molecule has 88 valence electrons. The van der Waals surface area contributed by atoms with Crippen LogP contribution in [-0.4, -0.2) is 17.5 Å². The van der Waals surface area contributed by atoms with E-state index >= 15 is 0 Å². The minimum Gasteiger partial charge on any atom is -0.463 e. The Morgan fingerprint density at radius 3 is 2.75 bits per heavy atom. The highest BCUT2D eigenvalue weighted by atomic mass is 16.6. The highest BCUT2D eigenvalue weighted by Gasteiger charge is 2.13. The number of hydrogen-bond donors (Lipinski definition) is 0. The first-order valence-electron chi connectivity index (χ1n) is 5.00. The van der Waals surface area contributed by atoms with Gasteiger partial charge in [-0.3, -0.25) is 10.1 Å². The number of unbranched alkanes of at least 4 members (excludes halogenated alkanes) is 2. The highest BCUT2D eigenvalue weighted by Crippen LogP contribution is 2.09. The van der Waals surface area contributed by atoms with Crippen LogP contribution in [0.3, 0.4) is 0 Å². The molecule has 0 aromatic rings. The predicted molar refractivity (Wildman–Crippen MR) is 55.8 cm³/mol. The van der Waals surface area contributed by atoms with Gasteiger partial charge in [0.15, 0.2) is 0 Å². The molecule has 6 heteroatoms. The molecular formula is C10H14N2O4. The number of hydrogen-bond acceptors (Lipinski definition) is 5. The van der Waals surface area contributed by atoms with Crippen LogP contribution in [-0.2, 0) is 9.53 Å². The standard InChI is InChI=1S/C10H14N2O4/c1-2-16-10(13)8-9(12(14)15)6-4-3-5-7-11/h8H,2-6H2,1H3/b9-8+. The quantitative estimate of drug-likeness (QED) is 0.217. The maximum Gasteiger partial charge on any atom is 0.337 e. The maximum absolute atomic E-state index is 11.0. The number of carbonyl (C=O) groups excluding carboxylic acids is 1. The fourth-order valence-electron chi connectivity index (χ4n) is 1.05. The average molecular weight is 226 g/mol. The third-order valence-electron chi connectivity index (χ3n) is 1.78. The van der Waals surface area contributed by atoms with Gasteiger partial charge in [-0.1, -0.05) is 0 Å². The molecular weight excluding hydrogens is 212 g/mol. The Kier molecular flexibility index (Phi) is 7.41. The van der Waals surface area contributed by atoms with Gasteiger partial charge in [-0.15, -0.1) is 0 Å². The molecule has 0 N–H and O–H groups in total. The lowest BCUT2D eigenvalue weighted by Gasteiger charge is -1.98. The van der Waals surface area contributed by atoms with Crippen molar-refractivity contribution in [1.29, 1.82) is 5.26 Å². The third-order valence-corrected chi connectivity index (χ3v) is 1.78. The minimum atomic E-state index is -0.700. The monoisotopic (exact) mass is 226 g/mol. The van der Waals surface area contributed by atoms with Crippen molar-refractivity contribution in [3.05, 3.63) is 21.9 Å².